The molecule has 1 aromatic carbocycles. The summed E-state index contributed by atoms with van der Waals surface area (Å²) in [6.45, 7) is 9.77. The molecule has 1 heterocycles. The fourth-order valence-electron chi connectivity index (χ4n) is 3.93. The molecule has 0 aliphatic carbocycles. The van der Waals surface area contributed by atoms with Gasteiger partial charge in [0.05, 0.1) is 11.8 Å². The van der Waals surface area contributed by atoms with Crippen molar-refractivity contribution in [3.05, 3.63) is 41.2 Å². The Morgan fingerprint density at radius 1 is 1.32 bits per heavy atom. The van der Waals surface area contributed by atoms with E-state index in [1.165, 1.54) is 0 Å². The molecule has 0 bridgehead atoms. The van der Waals surface area contributed by atoms with Crippen molar-refractivity contribution >= 4 is 21.7 Å². The highest BCUT2D eigenvalue weighted by molar-refractivity contribution is 7.92. The summed E-state index contributed by atoms with van der Waals surface area (Å²) >= 11 is 0. The number of esters is 1. The second-order valence-corrected chi connectivity index (χ2v) is 10.7. The Bertz CT molecular complexity index is 882. The number of cyclic esters (lactones) is 1. The van der Waals surface area contributed by atoms with E-state index in [1.807, 2.05) is 40.7 Å². The third-order valence-corrected chi connectivity index (χ3v) is 5.47. The van der Waals surface area contributed by atoms with Gasteiger partial charge in [0, 0.05) is 18.0 Å². The molecule has 1 unspecified atom stereocenters. The van der Waals surface area contributed by atoms with Crippen molar-refractivity contribution in [2.75, 3.05) is 11.0 Å². The van der Waals surface area contributed by atoms with E-state index in [2.05, 4.69) is 4.72 Å². The quantitative estimate of drug-likeness (QED) is 0.675. The minimum atomic E-state index is -3.43. The van der Waals surface area contributed by atoms with E-state index in [4.69, 9.17) is 4.74 Å². The van der Waals surface area contributed by atoms with Crippen LogP contribution in [0.2, 0.25) is 0 Å². The second-order valence-electron chi connectivity index (χ2n) is 8.93. The fourth-order valence-corrected chi connectivity index (χ4v) is 4.49. The molecule has 2 N–H and O–H groups in total. The maximum absolute atomic E-state index is 12.9. The van der Waals surface area contributed by atoms with Crippen LogP contribution in [-0.2, 0) is 19.6 Å². The first-order chi connectivity index (χ1) is 12.8. The van der Waals surface area contributed by atoms with E-state index in [-0.39, 0.29) is 17.8 Å². The van der Waals surface area contributed by atoms with Crippen LogP contribution < -0.4 is 4.72 Å². The van der Waals surface area contributed by atoms with Crippen molar-refractivity contribution in [1.29, 1.82) is 0 Å². The molecule has 6 nitrogen and oxygen atoms in total. The monoisotopic (exact) mass is 409 g/mol. The van der Waals surface area contributed by atoms with Crippen LogP contribution in [0.4, 0.5) is 5.69 Å². The Labute approximate surface area is 168 Å². The third kappa shape index (κ3) is 5.28. The van der Waals surface area contributed by atoms with Gasteiger partial charge in [-0.3, -0.25) is 4.72 Å². The lowest BCUT2D eigenvalue weighted by atomic mass is 9.70. The Morgan fingerprint density at radius 3 is 2.46 bits per heavy atom. The minimum Gasteiger partial charge on any atom is -0.512 e. The predicted molar refractivity (Wildman–Crippen MR) is 111 cm³/mol. The Morgan fingerprint density at radius 2 is 1.96 bits per heavy atom. The number of hydrogen-bond acceptors (Lipinski definition) is 5. The summed E-state index contributed by atoms with van der Waals surface area (Å²) in [5, 5.41) is 10.8. The molecule has 2 rings (SSSR count). The highest BCUT2D eigenvalue weighted by Crippen LogP contribution is 2.46. The number of sulfonamides is 1. The van der Waals surface area contributed by atoms with Crippen LogP contribution in [0.1, 0.15) is 65.4 Å². The zero-order chi connectivity index (χ0) is 21.3. The molecule has 1 aliphatic rings. The van der Waals surface area contributed by atoms with Crippen LogP contribution in [0.5, 0.6) is 0 Å². The van der Waals surface area contributed by atoms with Gasteiger partial charge < -0.3 is 9.84 Å². The van der Waals surface area contributed by atoms with Crippen molar-refractivity contribution < 1.29 is 23.1 Å². The normalized spacial score (nSPS) is 22.0. The van der Waals surface area contributed by atoms with Crippen LogP contribution in [0.25, 0.3) is 0 Å². The molecule has 28 heavy (non-hydrogen) atoms. The van der Waals surface area contributed by atoms with Gasteiger partial charge in [-0.15, -0.1) is 0 Å². The molecule has 0 spiro atoms. The van der Waals surface area contributed by atoms with Crippen molar-refractivity contribution in [3.8, 4) is 0 Å². The molecule has 2 atom stereocenters. The first kappa shape index (κ1) is 22.3. The predicted octanol–water partition coefficient (Wildman–Crippen LogP) is 4.51. The fraction of sp³-hybridized carbons (Fsp3) is 0.571. The highest BCUT2D eigenvalue weighted by Gasteiger charge is 2.44. The number of hydrogen-bond donors (Lipinski definition) is 2. The maximum Gasteiger partial charge on any atom is 0.338 e. The molecule has 156 valence electrons. The van der Waals surface area contributed by atoms with Gasteiger partial charge in [0.1, 0.15) is 11.4 Å². The van der Waals surface area contributed by atoms with Crippen molar-refractivity contribution in [2.45, 2.75) is 65.4 Å². The number of carbonyl (C=O) groups excluding carboxylic acids is 1. The molecular weight excluding hydrogens is 378 g/mol. The SMILES string of the molecule is CCCC1(C)CC(O)=C([C@H](c2cccc(NS(C)(=O)=O)c2)C(C)(C)C)C(=O)O1. The molecule has 1 aromatic rings. The number of anilines is 1. The smallest absolute Gasteiger partial charge is 0.338 e. The Hall–Kier alpha value is -2.02. The molecule has 0 saturated heterocycles. The molecule has 7 heteroatoms. The first-order valence-electron chi connectivity index (χ1n) is 9.49. The van der Waals surface area contributed by atoms with Gasteiger partial charge in [0.2, 0.25) is 10.0 Å². The number of ether oxygens (including phenoxy) is 1. The average molecular weight is 410 g/mol. The van der Waals surface area contributed by atoms with Gasteiger partial charge in [0.25, 0.3) is 0 Å². The van der Waals surface area contributed by atoms with Crippen LogP contribution >= 0.6 is 0 Å². The zero-order valence-electron chi connectivity index (χ0n) is 17.5. The van der Waals surface area contributed by atoms with E-state index in [0.29, 0.717) is 12.1 Å². The number of nitrogens with one attached hydrogen (secondary N) is 1. The van der Waals surface area contributed by atoms with E-state index in [9.17, 15) is 18.3 Å². The topological polar surface area (TPSA) is 92.7 Å². The van der Waals surface area contributed by atoms with Gasteiger partial charge in [-0.05, 0) is 36.5 Å². The summed E-state index contributed by atoms with van der Waals surface area (Å²) in [6.07, 6.45) is 2.87. The van der Waals surface area contributed by atoms with Crippen LogP contribution in [0.15, 0.2) is 35.6 Å². The summed E-state index contributed by atoms with van der Waals surface area (Å²) in [5.74, 6) is -0.915. The summed E-state index contributed by atoms with van der Waals surface area (Å²) < 4.78 is 31.4. The Balaban J connectivity index is 2.54. The molecule has 0 saturated carbocycles. The molecule has 0 radical (unpaired) electrons. The minimum absolute atomic E-state index is 0.0496. The lowest BCUT2D eigenvalue weighted by molar-refractivity contribution is -0.158. The summed E-state index contributed by atoms with van der Waals surface area (Å²) in [7, 11) is -3.43. The number of carbonyl (C=O) groups is 1. The summed E-state index contributed by atoms with van der Waals surface area (Å²) in [6, 6.07) is 6.91. The lowest BCUT2D eigenvalue weighted by Crippen LogP contribution is -2.40. The van der Waals surface area contributed by atoms with Crippen molar-refractivity contribution in [3.63, 3.8) is 0 Å². The van der Waals surface area contributed by atoms with Crippen molar-refractivity contribution in [1.82, 2.24) is 0 Å². The molecule has 1 aliphatic heterocycles. The van der Waals surface area contributed by atoms with Gasteiger partial charge in [0.15, 0.2) is 0 Å². The van der Waals surface area contributed by atoms with E-state index < -0.39 is 32.9 Å². The maximum atomic E-state index is 12.9. The van der Waals surface area contributed by atoms with Gasteiger partial charge in [-0.25, -0.2) is 13.2 Å². The average Bonchev–Trinajstić information content (AvgIpc) is 2.48. The van der Waals surface area contributed by atoms with Crippen molar-refractivity contribution in [2.24, 2.45) is 5.41 Å². The standard InChI is InChI=1S/C21H31NO5S/c1-7-11-21(5)13-16(23)17(19(24)27-21)18(20(2,3)4)14-9-8-10-15(12-14)22-28(6,25)26/h8-10,12,18,22-23H,7,11,13H2,1-6H3/t18-,21?/m0/s1. The first-order valence-corrected chi connectivity index (χ1v) is 11.4. The lowest BCUT2D eigenvalue weighted by Gasteiger charge is -2.39. The molecule has 0 amide bonds. The largest absolute Gasteiger partial charge is 0.512 e. The molecule has 0 aromatic heterocycles. The Kier molecular flexibility index (Phi) is 6.19. The molecule has 0 fully saturated rings. The zero-order valence-corrected chi connectivity index (χ0v) is 18.3. The van der Waals surface area contributed by atoms with Crippen LogP contribution in [0.3, 0.4) is 0 Å². The van der Waals surface area contributed by atoms with E-state index >= 15 is 0 Å². The number of benzene rings is 1. The van der Waals surface area contributed by atoms with E-state index in [0.717, 1.165) is 18.2 Å². The highest BCUT2D eigenvalue weighted by atomic mass is 32.2. The number of aliphatic hydroxyl groups is 1. The summed E-state index contributed by atoms with van der Waals surface area (Å²) in [5.41, 5.74) is 0.275. The van der Waals surface area contributed by atoms with Gasteiger partial charge >= 0.3 is 5.97 Å². The number of aliphatic hydroxyl groups excluding tert-OH is 1. The molecular formula is C21H31NO5S. The number of rotatable bonds is 6. The summed E-state index contributed by atoms with van der Waals surface area (Å²) in [4.78, 5) is 12.9. The van der Waals surface area contributed by atoms with Gasteiger partial charge in [-0.1, -0.05) is 46.2 Å². The van der Waals surface area contributed by atoms with Crippen LogP contribution in [0, 0.1) is 5.41 Å². The second kappa shape index (κ2) is 7.78. The van der Waals surface area contributed by atoms with Gasteiger partial charge in [-0.2, -0.15) is 0 Å². The van der Waals surface area contributed by atoms with Crippen LogP contribution in [-0.4, -0.2) is 31.4 Å². The van der Waals surface area contributed by atoms with E-state index in [1.54, 1.807) is 18.2 Å². The third-order valence-electron chi connectivity index (χ3n) is 4.87.